The molecule has 0 saturated heterocycles. The van der Waals surface area contributed by atoms with E-state index in [1.54, 1.807) is 6.08 Å². The highest BCUT2D eigenvalue weighted by atomic mass is 127. The molecule has 0 atom stereocenters. The fourth-order valence-corrected chi connectivity index (χ4v) is 4.82. The number of hydrogen-bond donors (Lipinski definition) is 0. The van der Waals surface area contributed by atoms with Crippen molar-refractivity contribution < 1.29 is 14.3 Å². The highest BCUT2D eigenvalue weighted by molar-refractivity contribution is 14.1. The Morgan fingerprint density at radius 1 is 1.06 bits per heavy atom. The predicted octanol–water partition coefficient (Wildman–Crippen LogP) is 7.05. The molecule has 0 radical (unpaired) electrons. The maximum Gasteiger partial charge on any atom is 0.363 e. The van der Waals surface area contributed by atoms with Crippen LogP contribution in [0.1, 0.15) is 22.3 Å². The molecular weight excluding hydrogens is 637 g/mol. The monoisotopic (exact) mass is 651 g/mol. The van der Waals surface area contributed by atoms with Crippen LogP contribution in [0, 0.1) is 10.5 Å². The van der Waals surface area contributed by atoms with Crippen molar-refractivity contribution in [1.82, 2.24) is 0 Å². The van der Waals surface area contributed by atoms with Crippen molar-refractivity contribution in [2.24, 2.45) is 4.99 Å². The Labute approximate surface area is 210 Å². The summed E-state index contributed by atoms with van der Waals surface area (Å²) < 4.78 is 14.0. The van der Waals surface area contributed by atoms with E-state index < -0.39 is 5.97 Å². The number of nitrogens with zero attached hydrogens (tertiary/aromatic N) is 1. The van der Waals surface area contributed by atoms with Crippen molar-refractivity contribution in [3.8, 4) is 5.75 Å². The van der Waals surface area contributed by atoms with Crippen LogP contribution in [0.5, 0.6) is 5.75 Å². The molecule has 0 saturated carbocycles. The molecule has 31 heavy (non-hydrogen) atoms. The van der Waals surface area contributed by atoms with Gasteiger partial charge in [-0.15, -0.1) is 0 Å². The minimum Gasteiger partial charge on any atom is -0.487 e. The van der Waals surface area contributed by atoms with Gasteiger partial charge in [0, 0.05) is 9.13 Å². The van der Waals surface area contributed by atoms with Crippen LogP contribution in [0.25, 0.3) is 6.08 Å². The van der Waals surface area contributed by atoms with E-state index >= 15 is 0 Å². The van der Waals surface area contributed by atoms with Crippen LogP contribution in [0.2, 0.25) is 0 Å². The molecule has 0 aliphatic carbocycles. The first-order valence-corrected chi connectivity index (χ1v) is 12.0. The molecule has 4 nitrogen and oxygen atoms in total. The Balaban J connectivity index is 1.56. The summed E-state index contributed by atoms with van der Waals surface area (Å²) in [7, 11) is 0. The zero-order valence-electron chi connectivity index (χ0n) is 16.4. The van der Waals surface area contributed by atoms with E-state index in [-0.39, 0.29) is 5.70 Å². The average Bonchev–Trinajstić information content (AvgIpc) is 3.09. The number of benzene rings is 3. The van der Waals surface area contributed by atoms with Gasteiger partial charge in [0.25, 0.3) is 0 Å². The van der Waals surface area contributed by atoms with Crippen molar-refractivity contribution in [3.05, 3.63) is 101 Å². The molecule has 1 aliphatic rings. The second-order valence-electron chi connectivity index (χ2n) is 6.87. The summed E-state index contributed by atoms with van der Waals surface area (Å²) in [6.07, 6.45) is 1.70. The summed E-state index contributed by atoms with van der Waals surface area (Å²) in [5, 5.41) is 0. The van der Waals surface area contributed by atoms with Gasteiger partial charge in [-0.3, -0.25) is 0 Å². The first-order chi connectivity index (χ1) is 14.9. The highest BCUT2D eigenvalue weighted by Crippen LogP contribution is 2.36. The zero-order valence-corrected chi connectivity index (χ0v) is 21.7. The van der Waals surface area contributed by atoms with E-state index in [1.165, 1.54) is 5.56 Å². The minimum atomic E-state index is -0.472. The van der Waals surface area contributed by atoms with Gasteiger partial charge in [0.2, 0.25) is 5.90 Å². The summed E-state index contributed by atoms with van der Waals surface area (Å²) in [6, 6.07) is 19.5. The van der Waals surface area contributed by atoms with E-state index in [1.807, 2.05) is 54.6 Å². The summed E-state index contributed by atoms with van der Waals surface area (Å²) in [6.45, 7) is 2.52. The molecule has 0 unspecified atom stereocenters. The van der Waals surface area contributed by atoms with Crippen molar-refractivity contribution in [2.75, 3.05) is 0 Å². The van der Waals surface area contributed by atoms with E-state index in [4.69, 9.17) is 9.47 Å². The molecule has 4 rings (SSSR count). The van der Waals surface area contributed by atoms with Crippen molar-refractivity contribution >= 4 is 72.4 Å². The van der Waals surface area contributed by atoms with Gasteiger partial charge in [-0.25, -0.2) is 9.79 Å². The summed E-state index contributed by atoms with van der Waals surface area (Å²) >= 11 is 9.37. The van der Waals surface area contributed by atoms with E-state index in [0.29, 0.717) is 18.3 Å². The average molecular weight is 653 g/mol. The topological polar surface area (TPSA) is 47.9 Å². The fourth-order valence-electron chi connectivity index (χ4n) is 3.01. The van der Waals surface area contributed by atoms with Crippen LogP contribution in [-0.4, -0.2) is 11.9 Å². The van der Waals surface area contributed by atoms with Crippen LogP contribution in [-0.2, 0) is 16.1 Å². The largest absolute Gasteiger partial charge is 0.487 e. The molecular formula is C24H16Br2INO3. The standard InChI is InChI=1S/C24H16Br2INO3/c1-14-4-2-3-5-17(14)13-30-22-19(25)10-15(11-20(22)26)12-21-24(29)31-23(28-21)16-6-8-18(27)9-7-16/h2-12H,13H2,1H3/b21-12-. The van der Waals surface area contributed by atoms with Gasteiger partial charge in [0.05, 0.1) is 8.95 Å². The Morgan fingerprint density at radius 2 is 1.74 bits per heavy atom. The first kappa shape index (κ1) is 22.2. The molecule has 3 aromatic carbocycles. The SMILES string of the molecule is Cc1ccccc1COc1c(Br)cc(/C=C2\N=C(c3ccc(I)cc3)OC2=O)cc1Br. The highest BCUT2D eigenvalue weighted by Gasteiger charge is 2.24. The lowest BCUT2D eigenvalue weighted by Crippen LogP contribution is -2.05. The fraction of sp³-hybridized carbons (Fsp3) is 0.0833. The van der Waals surface area contributed by atoms with Gasteiger partial charge in [-0.2, -0.15) is 0 Å². The molecule has 1 heterocycles. The van der Waals surface area contributed by atoms with Crippen LogP contribution >= 0.6 is 54.5 Å². The number of cyclic esters (lactones) is 1. The smallest absolute Gasteiger partial charge is 0.363 e. The lowest BCUT2D eigenvalue weighted by Gasteiger charge is -2.12. The third-order valence-corrected chi connectivity index (χ3v) is 6.57. The normalized spacial score (nSPS) is 14.5. The molecule has 0 amide bonds. The summed E-state index contributed by atoms with van der Waals surface area (Å²) in [5.41, 5.74) is 4.11. The zero-order chi connectivity index (χ0) is 22.0. The molecule has 0 N–H and O–H groups in total. The Kier molecular flexibility index (Phi) is 6.93. The van der Waals surface area contributed by atoms with Crippen molar-refractivity contribution in [3.63, 3.8) is 0 Å². The lowest BCUT2D eigenvalue weighted by molar-refractivity contribution is -0.129. The molecule has 7 heteroatoms. The second kappa shape index (κ2) is 9.67. The van der Waals surface area contributed by atoms with Gasteiger partial charge in [-0.05, 0) is 121 Å². The van der Waals surface area contributed by atoms with Gasteiger partial charge in [-0.1, -0.05) is 24.3 Å². The maximum absolute atomic E-state index is 12.3. The van der Waals surface area contributed by atoms with Crippen LogP contribution < -0.4 is 4.74 Å². The Morgan fingerprint density at radius 3 is 2.42 bits per heavy atom. The minimum absolute atomic E-state index is 0.251. The number of carbonyl (C=O) groups excluding carboxylic acids is 1. The lowest BCUT2D eigenvalue weighted by atomic mass is 10.1. The molecule has 0 spiro atoms. The third kappa shape index (κ3) is 5.27. The summed E-state index contributed by atoms with van der Waals surface area (Å²) in [4.78, 5) is 16.7. The number of esters is 1. The molecule has 1 aliphatic heterocycles. The molecule has 3 aromatic rings. The Hall–Kier alpha value is -1.97. The molecule has 0 aromatic heterocycles. The number of carbonyl (C=O) groups is 1. The van der Waals surface area contributed by atoms with E-state index in [2.05, 4.69) is 72.4 Å². The second-order valence-corrected chi connectivity index (χ2v) is 9.83. The third-order valence-electron chi connectivity index (χ3n) is 4.67. The van der Waals surface area contributed by atoms with Crippen LogP contribution in [0.3, 0.4) is 0 Å². The molecule has 0 bridgehead atoms. The van der Waals surface area contributed by atoms with Crippen molar-refractivity contribution in [2.45, 2.75) is 13.5 Å². The summed E-state index contributed by atoms with van der Waals surface area (Å²) in [5.74, 6) is 0.534. The van der Waals surface area contributed by atoms with Gasteiger partial charge in [0.15, 0.2) is 5.70 Å². The number of rotatable bonds is 5. The molecule has 156 valence electrons. The van der Waals surface area contributed by atoms with Gasteiger partial charge >= 0.3 is 5.97 Å². The number of hydrogen-bond acceptors (Lipinski definition) is 4. The molecule has 0 fully saturated rings. The van der Waals surface area contributed by atoms with Gasteiger partial charge < -0.3 is 9.47 Å². The predicted molar refractivity (Wildman–Crippen MR) is 137 cm³/mol. The van der Waals surface area contributed by atoms with Crippen LogP contribution in [0.4, 0.5) is 0 Å². The number of aryl methyl sites for hydroxylation is 1. The number of aliphatic imine (C=N–C) groups is 1. The van der Waals surface area contributed by atoms with E-state index in [9.17, 15) is 4.79 Å². The first-order valence-electron chi connectivity index (χ1n) is 9.35. The number of ether oxygens (including phenoxy) is 2. The Bertz CT molecular complexity index is 1200. The van der Waals surface area contributed by atoms with Crippen molar-refractivity contribution in [1.29, 1.82) is 0 Å². The maximum atomic E-state index is 12.3. The van der Waals surface area contributed by atoms with Gasteiger partial charge in [0.1, 0.15) is 12.4 Å². The number of halogens is 3. The van der Waals surface area contributed by atoms with E-state index in [0.717, 1.165) is 29.2 Å². The van der Waals surface area contributed by atoms with Crippen LogP contribution in [0.15, 0.2) is 80.3 Å². The quantitative estimate of drug-likeness (QED) is 0.169.